The molecule has 1 heterocycles. The van der Waals surface area contributed by atoms with E-state index in [1.165, 1.54) is 38.6 Å². The lowest BCUT2D eigenvalue weighted by molar-refractivity contribution is 0.0650. The summed E-state index contributed by atoms with van der Waals surface area (Å²) in [6.45, 7) is 9.85. The molecule has 1 unspecified atom stereocenters. The number of likely N-dealkylation sites (tertiary alicyclic amines) is 1. The number of nitrogens with one attached hydrogen (secondary N) is 1. The predicted octanol–water partition coefficient (Wildman–Crippen LogP) is 2.51. The maximum absolute atomic E-state index is 5.74. The van der Waals surface area contributed by atoms with Gasteiger partial charge in [0, 0.05) is 19.2 Å². The van der Waals surface area contributed by atoms with E-state index in [9.17, 15) is 0 Å². The Labute approximate surface area is 113 Å². The number of ether oxygens (including phenoxy) is 1. The molecule has 0 radical (unpaired) electrons. The minimum atomic E-state index is 0.753. The highest BCUT2D eigenvalue weighted by molar-refractivity contribution is 4.77. The van der Waals surface area contributed by atoms with E-state index in [1.54, 1.807) is 0 Å². The first-order chi connectivity index (χ1) is 8.74. The van der Waals surface area contributed by atoms with Gasteiger partial charge in [-0.15, -0.1) is 0 Å². The van der Waals surface area contributed by atoms with Gasteiger partial charge in [-0.1, -0.05) is 20.3 Å². The summed E-state index contributed by atoms with van der Waals surface area (Å²) in [6.07, 6.45) is 6.60. The zero-order valence-corrected chi connectivity index (χ0v) is 12.6. The van der Waals surface area contributed by atoms with Gasteiger partial charge in [0.05, 0.1) is 6.61 Å². The molecule has 1 aliphatic heterocycles. The molecular formula is C15H32N2O. The summed E-state index contributed by atoms with van der Waals surface area (Å²) < 4.78 is 5.74. The number of hydrogen-bond donors (Lipinski definition) is 1. The normalized spacial score (nSPS) is 21.7. The van der Waals surface area contributed by atoms with Crippen LogP contribution in [0.3, 0.4) is 0 Å². The van der Waals surface area contributed by atoms with Gasteiger partial charge < -0.3 is 10.1 Å². The molecule has 1 N–H and O–H groups in total. The van der Waals surface area contributed by atoms with E-state index < -0.39 is 0 Å². The van der Waals surface area contributed by atoms with Crippen LogP contribution in [0.25, 0.3) is 0 Å². The number of hydrogen-bond acceptors (Lipinski definition) is 3. The fourth-order valence-corrected chi connectivity index (χ4v) is 2.60. The van der Waals surface area contributed by atoms with Crippen molar-refractivity contribution in [3.8, 4) is 0 Å². The summed E-state index contributed by atoms with van der Waals surface area (Å²) in [5.41, 5.74) is 0. The molecule has 1 fully saturated rings. The number of nitrogens with zero attached hydrogens (tertiary/aromatic N) is 1. The van der Waals surface area contributed by atoms with Crippen LogP contribution in [0.4, 0.5) is 0 Å². The lowest BCUT2D eigenvalue weighted by atomic mass is 9.99. The van der Waals surface area contributed by atoms with Crippen LogP contribution < -0.4 is 5.32 Å². The van der Waals surface area contributed by atoms with Crippen molar-refractivity contribution in [2.75, 3.05) is 39.9 Å². The zero-order valence-electron chi connectivity index (χ0n) is 12.6. The Morgan fingerprint density at radius 2 is 2.11 bits per heavy atom. The van der Waals surface area contributed by atoms with Crippen molar-refractivity contribution < 1.29 is 4.74 Å². The van der Waals surface area contributed by atoms with Crippen molar-refractivity contribution in [3.63, 3.8) is 0 Å². The topological polar surface area (TPSA) is 24.5 Å². The molecular weight excluding hydrogens is 224 g/mol. The first-order valence-electron chi connectivity index (χ1n) is 7.70. The molecule has 1 saturated heterocycles. The van der Waals surface area contributed by atoms with Gasteiger partial charge in [-0.05, 0) is 51.7 Å². The Morgan fingerprint density at radius 3 is 2.83 bits per heavy atom. The lowest BCUT2D eigenvalue weighted by Gasteiger charge is -2.35. The lowest BCUT2D eigenvalue weighted by Crippen LogP contribution is -2.42. The molecule has 0 spiro atoms. The van der Waals surface area contributed by atoms with Gasteiger partial charge in [-0.3, -0.25) is 4.90 Å². The van der Waals surface area contributed by atoms with Crippen LogP contribution in [0.2, 0.25) is 0 Å². The largest absolute Gasteiger partial charge is 0.380 e. The second-order valence-corrected chi connectivity index (χ2v) is 5.87. The molecule has 0 aromatic rings. The van der Waals surface area contributed by atoms with Crippen LogP contribution in [0.15, 0.2) is 0 Å². The maximum Gasteiger partial charge on any atom is 0.0593 e. The molecule has 0 aromatic carbocycles. The van der Waals surface area contributed by atoms with Crippen LogP contribution >= 0.6 is 0 Å². The molecule has 0 aliphatic carbocycles. The van der Waals surface area contributed by atoms with Gasteiger partial charge in [-0.25, -0.2) is 0 Å². The monoisotopic (exact) mass is 256 g/mol. The van der Waals surface area contributed by atoms with Crippen LogP contribution in [0.1, 0.15) is 46.0 Å². The summed E-state index contributed by atoms with van der Waals surface area (Å²) in [7, 11) is 2.04. The highest BCUT2D eigenvalue weighted by atomic mass is 16.5. The predicted molar refractivity (Wildman–Crippen MR) is 78.0 cm³/mol. The Morgan fingerprint density at radius 1 is 1.28 bits per heavy atom. The van der Waals surface area contributed by atoms with E-state index in [-0.39, 0.29) is 0 Å². The summed E-state index contributed by atoms with van der Waals surface area (Å²) in [5.74, 6) is 0.753. The van der Waals surface area contributed by atoms with Crippen molar-refractivity contribution in [2.24, 2.45) is 5.92 Å². The third-order valence-electron chi connectivity index (χ3n) is 3.84. The van der Waals surface area contributed by atoms with Crippen LogP contribution in [0.5, 0.6) is 0 Å². The Bertz CT molecular complexity index is 197. The Hall–Kier alpha value is -0.120. The smallest absolute Gasteiger partial charge is 0.0593 e. The number of piperidine rings is 1. The van der Waals surface area contributed by atoms with E-state index >= 15 is 0 Å². The number of rotatable bonds is 9. The molecule has 18 heavy (non-hydrogen) atoms. The van der Waals surface area contributed by atoms with E-state index in [0.29, 0.717) is 0 Å². The van der Waals surface area contributed by atoms with Crippen LogP contribution in [0, 0.1) is 5.92 Å². The van der Waals surface area contributed by atoms with Gasteiger partial charge >= 0.3 is 0 Å². The standard InChI is InChI=1S/C15H32N2O/c1-14(2)8-12-18-13-11-17-10-5-4-6-15(17)7-9-16-3/h14-16H,4-13H2,1-3H3. The molecule has 1 rings (SSSR count). The second-order valence-electron chi connectivity index (χ2n) is 5.87. The minimum absolute atomic E-state index is 0.753. The average Bonchev–Trinajstić information content (AvgIpc) is 2.36. The zero-order chi connectivity index (χ0) is 13.2. The SMILES string of the molecule is CNCCC1CCCCN1CCOCCC(C)C. The summed E-state index contributed by atoms with van der Waals surface area (Å²) >= 11 is 0. The van der Waals surface area contributed by atoms with Crippen molar-refractivity contribution in [2.45, 2.75) is 52.0 Å². The first-order valence-corrected chi connectivity index (χ1v) is 7.70. The van der Waals surface area contributed by atoms with Crippen molar-refractivity contribution in [1.82, 2.24) is 10.2 Å². The van der Waals surface area contributed by atoms with Crippen LogP contribution in [-0.2, 0) is 4.74 Å². The van der Waals surface area contributed by atoms with E-state index in [1.807, 2.05) is 7.05 Å². The van der Waals surface area contributed by atoms with Gasteiger partial charge in [0.15, 0.2) is 0 Å². The third-order valence-corrected chi connectivity index (χ3v) is 3.84. The third kappa shape index (κ3) is 6.72. The fourth-order valence-electron chi connectivity index (χ4n) is 2.60. The van der Waals surface area contributed by atoms with Crippen molar-refractivity contribution in [1.29, 1.82) is 0 Å². The van der Waals surface area contributed by atoms with E-state index in [4.69, 9.17) is 4.74 Å². The Balaban J connectivity index is 2.12. The molecule has 0 saturated carbocycles. The summed E-state index contributed by atoms with van der Waals surface area (Å²) in [4.78, 5) is 2.64. The second kappa shape index (κ2) is 9.76. The van der Waals surface area contributed by atoms with Crippen LogP contribution in [-0.4, -0.2) is 50.8 Å². The minimum Gasteiger partial charge on any atom is -0.380 e. The van der Waals surface area contributed by atoms with Gasteiger partial charge in [0.25, 0.3) is 0 Å². The molecule has 1 aliphatic rings. The first kappa shape index (κ1) is 15.9. The fraction of sp³-hybridized carbons (Fsp3) is 1.00. The average molecular weight is 256 g/mol. The van der Waals surface area contributed by atoms with E-state index in [0.717, 1.165) is 38.3 Å². The molecule has 0 amide bonds. The van der Waals surface area contributed by atoms with Gasteiger partial charge in [0.2, 0.25) is 0 Å². The van der Waals surface area contributed by atoms with Gasteiger partial charge in [0.1, 0.15) is 0 Å². The molecule has 3 heteroatoms. The highest BCUT2D eigenvalue weighted by Gasteiger charge is 2.21. The Kier molecular flexibility index (Phi) is 8.64. The van der Waals surface area contributed by atoms with Gasteiger partial charge in [-0.2, -0.15) is 0 Å². The molecule has 0 aromatic heterocycles. The quantitative estimate of drug-likeness (QED) is 0.642. The van der Waals surface area contributed by atoms with Crippen molar-refractivity contribution in [3.05, 3.63) is 0 Å². The van der Waals surface area contributed by atoms with Crippen molar-refractivity contribution >= 4 is 0 Å². The molecule has 1 atom stereocenters. The molecule has 3 nitrogen and oxygen atoms in total. The summed E-state index contributed by atoms with van der Waals surface area (Å²) in [6, 6.07) is 0.778. The summed E-state index contributed by atoms with van der Waals surface area (Å²) in [5, 5.41) is 3.27. The molecule has 108 valence electrons. The maximum atomic E-state index is 5.74. The van der Waals surface area contributed by atoms with E-state index in [2.05, 4.69) is 24.1 Å². The highest BCUT2D eigenvalue weighted by Crippen LogP contribution is 2.18. The molecule has 0 bridgehead atoms.